The highest BCUT2D eigenvalue weighted by Gasteiger charge is 2.71. The highest BCUT2D eigenvalue weighted by Crippen LogP contribution is 2.77. The third-order valence-corrected chi connectivity index (χ3v) is 13.6. The first kappa shape index (κ1) is 24.1. The molecule has 0 bridgehead atoms. The molecule has 9 atom stereocenters. The smallest absolute Gasteiger partial charge is 0.309 e. The van der Waals surface area contributed by atoms with Crippen LogP contribution in [0, 0.1) is 56.2 Å². The maximum atomic E-state index is 12.8. The topological polar surface area (TPSA) is 57.5 Å². The average molecular weight is 459 g/mol. The zero-order chi connectivity index (χ0) is 24.2. The SMILES string of the molecule is CC1(C)CC[C@]2(C(=O)O)CC[C@@]3(C)[C@H](CC[C@H]4[C@@]5(C)CC[C@H](O)C(C)(C)[C@@H]5CC[C@@]43C)[C@@H]2C1. The molecule has 3 heteroatoms. The Bertz CT molecular complexity index is 830. The van der Waals surface area contributed by atoms with Crippen molar-refractivity contribution in [1.82, 2.24) is 0 Å². The zero-order valence-corrected chi connectivity index (χ0v) is 22.5. The van der Waals surface area contributed by atoms with E-state index >= 15 is 0 Å². The Morgan fingerprint density at radius 2 is 1.36 bits per heavy atom. The van der Waals surface area contributed by atoms with E-state index in [0.29, 0.717) is 23.7 Å². The van der Waals surface area contributed by atoms with Gasteiger partial charge in [-0.05, 0) is 121 Å². The van der Waals surface area contributed by atoms with Gasteiger partial charge >= 0.3 is 5.97 Å². The van der Waals surface area contributed by atoms with Gasteiger partial charge in [-0.3, -0.25) is 4.79 Å². The molecule has 3 nitrogen and oxygen atoms in total. The lowest BCUT2D eigenvalue weighted by atomic mass is 9.31. The van der Waals surface area contributed by atoms with Crippen LogP contribution in [0.25, 0.3) is 0 Å². The molecule has 0 aromatic rings. The van der Waals surface area contributed by atoms with E-state index in [1.807, 2.05) is 0 Å². The van der Waals surface area contributed by atoms with Gasteiger partial charge in [-0.1, -0.05) is 48.5 Å². The highest BCUT2D eigenvalue weighted by atomic mass is 16.4. The minimum atomic E-state index is -0.504. The quantitative estimate of drug-likeness (QED) is 0.433. The Morgan fingerprint density at radius 1 is 0.697 bits per heavy atom. The van der Waals surface area contributed by atoms with Crippen molar-refractivity contribution in [3.63, 3.8) is 0 Å². The fraction of sp³-hybridized carbons (Fsp3) is 0.967. The summed E-state index contributed by atoms with van der Waals surface area (Å²) < 4.78 is 0. The number of aliphatic hydroxyl groups excluding tert-OH is 1. The summed E-state index contributed by atoms with van der Waals surface area (Å²) in [5, 5.41) is 21.4. The van der Waals surface area contributed by atoms with Crippen molar-refractivity contribution in [3.8, 4) is 0 Å². The van der Waals surface area contributed by atoms with Crippen molar-refractivity contribution in [2.24, 2.45) is 56.2 Å². The largest absolute Gasteiger partial charge is 0.481 e. The van der Waals surface area contributed by atoms with E-state index < -0.39 is 11.4 Å². The molecule has 2 N–H and O–H groups in total. The molecule has 5 fully saturated rings. The number of carbonyl (C=O) groups is 1. The summed E-state index contributed by atoms with van der Waals surface area (Å²) in [6, 6.07) is 0. The van der Waals surface area contributed by atoms with Crippen molar-refractivity contribution < 1.29 is 15.0 Å². The predicted octanol–water partition coefficient (Wildman–Crippen LogP) is 7.31. The van der Waals surface area contributed by atoms with Crippen LogP contribution in [-0.2, 0) is 4.79 Å². The lowest BCUT2D eigenvalue weighted by Crippen LogP contribution is -2.67. The number of carboxylic acid groups (broad SMARTS) is 1. The molecule has 0 radical (unpaired) electrons. The summed E-state index contributed by atoms with van der Waals surface area (Å²) in [5.74, 6) is 1.62. The van der Waals surface area contributed by atoms with Crippen molar-refractivity contribution in [2.45, 2.75) is 125 Å². The Labute approximate surface area is 202 Å². The molecular weight excluding hydrogens is 408 g/mol. The fourth-order valence-electron chi connectivity index (χ4n) is 11.4. The van der Waals surface area contributed by atoms with E-state index in [4.69, 9.17) is 0 Å². The number of carboxylic acids is 1. The number of aliphatic carboxylic acids is 1. The van der Waals surface area contributed by atoms with Crippen molar-refractivity contribution in [1.29, 1.82) is 0 Å². The van der Waals surface area contributed by atoms with Crippen LogP contribution in [0.1, 0.15) is 119 Å². The van der Waals surface area contributed by atoms with Crippen molar-refractivity contribution in [3.05, 3.63) is 0 Å². The molecule has 5 saturated carbocycles. The van der Waals surface area contributed by atoms with Gasteiger partial charge in [0, 0.05) is 0 Å². The molecule has 0 amide bonds. The number of aliphatic hydroxyl groups is 1. The molecule has 0 aliphatic heterocycles. The molecule has 33 heavy (non-hydrogen) atoms. The lowest BCUT2D eigenvalue weighted by molar-refractivity contribution is -0.255. The van der Waals surface area contributed by atoms with Gasteiger partial charge in [0.25, 0.3) is 0 Å². The summed E-state index contributed by atoms with van der Waals surface area (Å²) in [5.41, 5.74) is 0.544. The average Bonchev–Trinajstić information content (AvgIpc) is 2.71. The molecule has 5 aliphatic carbocycles. The van der Waals surface area contributed by atoms with Gasteiger partial charge in [-0.15, -0.1) is 0 Å². The number of rotatable bonds is 1. The van der Waals surface area contributed by atoms with Gasteiger partial charge in [0.05, 0.1) is 11.5 Å². The van der Waals surface area contributed by atoms with E-state index in [9.17, 15) is 15.0 Å². The summed E-state index contributed by atoms with van der Waals surface area (Å²) in [6.07, 6.45) is 11.8. The third-order valence-electron chi connectivity index (χ3n) is 13.6. The first-order chi connectivity index (χ1) is 15.1. The molecule has 5 aliphatic rings. The molecule has 0 aromatic heterocycles. The summed E-state index contributed by atoms with van der Waals surface area (Å²) in [4.78, 5) is 12.8. The van der Waals surface area contributed by atoms with E-state index in [1.54, 1.807) is 0 Å². The van der Waals surface area contributed by atoms with Crippen LogP contribution >= 0.6 is 0 Å². The molecule has 188 valence electrons. The molecule has 0 spiro atoms. The van der Waals surface area contributed by atoms with E-state index in [1.165, 1.54) is 25.7 Å². The van der Waals surface area contributed by atoms with Crippen molar-refractivity contribution in [2.75, 3.05) is 0 Å². The minimum absolute atomic E-state index is 0.00942. The van der Waals surface area contributed by atoms with E-state index in [2.05, 4.69) is 48.5 Å². The number of hydrogen-bond donors (Lipinski definition) is 2. The molecular formula is C30H50O3. The first-order valence-electron chi connectivity index (χ1n) is 14.1. The molecule has 5 rings (SSSR count). The zero-order valence-electron chi connectivity index (χ0n) is 22.5. The van der Waals surface area contributed by atoms with Crippen LogP contribution in [0.5, 0.6) is 0 Å². The van der Waals surface area contributed by atoms with Crippen LogP contribution in [-0.4, -0.2) is 22.3 Å². The Kier molecular flexibility index (Phi) is 5.13. The maximum absolute atomic E-state index is 12.8. The van der Waals surface area contributed by atoms with Gasteiger partial charge in [0.2, 0.25) is 0 Å². The fourth-order valence-corrected chi connectivity index (χ4v) is 11.4. The van der Waals surface area contributed by atoms with Gasteiger partial charge in [0.15, 0.2) is 0 Å². The third kappa shape index (κ3) is 2.93. The molecule has 0 saturated heterocycles. The van der Waals surface area contributed by atoms with E-state index in [0.717, 1.165) is 44.9 Å². The lowest BCUT2D eigenvalue weighted by Gasteiger charge is -2.73. The second-order valence-electron chi connectivity index (χ2n) is 15.5. The van der Waals surface area contributed by atoms with Crippen LogP contribution in [0.3, 0.4) is 0 Å². The monoisotopic (exact) mass is 458 g/mol. The van der Waals surface area contributed by atoms with Crippen LogP contribution < -0.4 is 0 Å². The number of hydrogen-bond acceptors (Lipinski definition) is 2. The second kappa shape index (κ2) is 7.01. The van der Waals surface area contributed by atoms with Gasteiger partial charge in [-0.2, -0.15) is 0 Å². The standard InChI is InChI=1S/C30H50O3/c1-25(2)14-16-30(24(32)33)17-15-28(6)19(20(30)18-25)8-9-22-27(5)12-11-23(31)26(3,4)21(27)10-13-29(22,28)7/h19-23,31H,8-18H2,1-7H3,(H,32,33)/t19-,20+,21+,22+,23+,27+,28+,29+,30+/m1/s1. The predicted molar refractivity (Wildman–Crippen MR) is 133 cm³/mol. The van der Waals surface area contributed by atoms with Crippen LogP contribution in [0.15, 0.2) is 0 Å². The molecule has 0 heterocycles. The molecule has 0 aromatic carbocycles. The Morgan fingerprint density at radius 3 is 2.03 bits per heavy atom. The normalized spacial score (nSPS) is 54.8. The highest BCUT2D eigenvalue weighted by molar-refractivity contribution is 5.75. The minimum Gasteiger partial charge on any atom is -0.481 e. The van der Waals surface area contributed by atoms with Crippen LogP contribution in [0.4, 0.5) is 0 Å². The van der Waals surface area contributed by atoms with Crippen molar-refractivity contribution >= 4 is 5.97 Å². The number of fused-ring (bicyclic) bond motifs is 7. The van der Waals surface area contributed by atoms with Gasteiger partial charge in [0.1, 0.15) is 0 Å². The van der Waals surface area contributed by atoms with Crippen LogP contribution in [0.2, 0.25) is 0 Å². The first-order valence-corrected chi connectivity index (χ1v) is 14.1. The second-order valence-corrected chi connectivity index (χ2v) is 15.5. The van der Waals surface area contributed by atoms with E-state index in [-0.39, 0.29) is 33.2 Å². The Hall–Kier alpha value is -0.570. The molecule has 0 unspecified atom stereocenters. The van der Waals surface area contributed by atoms with Gasteiger partial charge in [-0.25, -0.2) is 0 Å². The summed E-state index contributed by atoms with van der Waals surface area (Å²) in [6.45, 7) is 17.2. The van der Waals surface area contributed by atoms with Gasteiger partial charge < -0.3 is 10.2 Å². The summed E-state index contributed by atoms with van der Waals surface area (Å²) >= 11 is 0. The summed E-state index contributed by atoms with van der Waals surface area (Å²) in [7, 11) is 0. The maximum Gasteiger partial charge on any atom is 0.309 e. The Balaban J connectivity index is 1.54.